The zero-order chi connectivity index (χ0) is 35.6. The molecular formula is C39H48F2N8O2. The fraction of sp³-hybridized carbons (Fsp3) is 0.513. The molecule has 1 spiro atoms. The molecular weight excluding hydrogens is 650 g/mol. The van der Waals surface area contributed by atoms with Crippen LogP contribution in [0.15, 0.2) is 42.7 Å². The number of rotatable bonds is 8. The van der Waals surface area contributed by atoms with Gasteiger partial charge in [-0.05, 0) is 121 Å². The molecule has 8 rings (SSSR count). The fourth-order valence-electron chi connectivity index (χ4n) is 8.85. The van der Waals surface area contributed by atoms with Crippen LogP contribution in [-0.4, -0.2) is 81.9 Å². The van der Waals surface area contributed by atoms with E-state index in [0.29, 0.717) is 47.2 Å². The number of fused-ring (bicyclic) bond motifs is 3. The lowest BCUT2D eigenvalue weighted by molar-refractivity contribution is -0.125. The fourth-order valence-corrected chi connectivity index (χ4v) is 8.85. The maximum atomic E-state index is 15.5. The quantitative estimate of drug-likeness (QED) is 0.166. The van der Waals surface area contributed by atoms with Gasteiger partial charge in [-0.25, -0.2) is 18.7 Å². The van der Waals surface area contributed by atoms with Gasteiger partial charge in [0.15, 0.2) is 5.82 Å². The van der Waals surface area contributed by atoms with Crippen LogP contribution in [0.25, 0.3) is 22.3 Å². The first kappa shape index (κ1) is 34.1. The summed E-state index contributed by atoms with van der Waals surface area (Å²) < 4.78 is 31.8. The molecule has 2 saturated heterocycles. The van der Waals surface area contributed by atoms with Gasteiger partial charge in [-0.2, -0.15) is 0 Å². The summed E-state index contributed by atoms with van der Waals surface area (Å²) in [7, 11) is 1.65. The molecule has 51 heavy (non-hydrogen) atoms. The molecule has 1 saturated carbocycles. The number of hydrogen-bond acceptors (Lipinski definition) is 8. The van der Waals surface area contributed by atoms with E-state index < -0.39 is 23.6 Å². The lowest BCUT2D eigenvalue weighted by Gasteiger charge is -2.48. The van der Waals surface area contributed by atoms with E-state index in [1.807, 2.05) is 16.7 Å². The third-order valence-electron chi connectivity index (χ3n) is 11.8. The highest BCUT2D eigenvalue weighted by Gasteiger charge is 2.55. The van der Waals surface area contributed by atoms with Crippen molar-refractivity contribution in [2.45, 2.75) is 95.2 Å². The van der Waals surface area contributed by atoms with E-state index in [-0.39, 0.29) is 23.7 Å². The summed E-state index contributed by atoms with van der Waals surface area (Å²) >= 11 is 0. The first-order valence-electron chi connectivity index (χ1n) is 18.5. The number of benzene rings is 2. The van der Waals surface area contributed by atoms with Gasteiger partial charge >= 0.3 is 0 Å². The molecule has 1 aliphatic carbocycles. The van der Waals surface area contributed by atoms with Crippen molar-refractivity contribution in [3.05, 3.63) is 65.2 Å². The van der Waals surface area contributed by atoms with Gasteiger partial charge in [0.05, 0.1) is 28.6 Å². The van der Waals surface area contributed by atoms with E-state index in [4.69, 9.17) is 9.97 Å². The number of aliphatic hydroxyl groups excluding tert-OH is 1. The number of hydrogen-bond donors (Lipinski definition) is 4. The molecule has 270 valence electrons. The SMILES string of the molecule is CNC(O)c1cc(Nc2nc(-c3ccc4c(c3)N([C@H]3C[C@@H](N5CCC[C@@H](F)C5)C3)C(=O)C43CCNCC3)cc3ncn(C(C)C)c23)c(F)cc1C. The molecule has 4 aliphatic rings. The number of aliphatic hydroxyl groups is 1. The summed E-state index contributed by atoms with van der Waals surface area (Å²) in [4.78, 5) is 28.7. The monoisotopic (exact) mass is 698 g/mol. The molecule has 5 heterocycles. The van der Waals surface area contributed by atoms with E-state index >= 15 is 4.39 Å². The van der Waals surface area contributed by atoms with Crippen LogP contribution >= 0.6 is 0 Å². The number of nitrogens with zero attached hydrogens (tertiary/aromatic N) is 5. The number of anilines is 3. The Bertz CT molecular complexity index is 1970. The molecule has 0 radical (unpaired) electrons. The summed E-state index contributed by atoms with van der Waals surface area (Å²) in [5.74, 6) is 0.163. The Morgan fingerprint density at radius 2 is 1.88 bits per heavy atom. The summed E-state index contributed by atoms with van der Waals surface area (Å²) in [5, 5.41) is 20.1. The minimum Gasteiger partial charge on any atom is -0.374 e. The second-order valence-corrected chi connectivity index (χ2v) is 15.2. The van der Waals surface area contributed by atoms with Crippen LogP contribution in [0.4, 0.5) is 26.0 Å². The van der Waals surface area contributed by atoms with Crippen molar-refractivity contribution in [3.63, 3.8) is 0 Å². The minimum absolute atomic E-state index is 0.0619. The molecule has 2 atom stereocenters. The molecule has 3 fully saturated rings. The molecule has 1 unspecified atom stereocenters. The number of likely N-dealkylation sites (tertiary alicyclic amines) is 1. The van der Waals surface area contributed by atoms with E-state index in [9.17, 15) is 14.3 Å². The average molecular weight is 699 g/mol. The average Bonchev–Trinajstić information content (AvgIpc) is 3.63. The van der Waals surface area contributed by atoms with Crippen molar-refractivity contribution >= 4 is 34.1 Å². The Morgan fingerprint density at radius 1 is 1.10 bits per heavy atom. The topological polar surface area (TPSA) is 111 Å². The van der Waals surface area contributed by atoms with Crippen molar-refractivity contribution in [3.8, 4) is 11.3 Å². The van der Waals surface area contributed by atoms with Gasteiger partial charge in [0.25, 0.3) is 0 Å². The number of imidazole rings is 1. The number of aryl methyl sites for hydroxylation is 1. The summed E-state index contributed by atoms with van der Waals surface area (Å²) in [6, 6.07) is 11.7. The van der Waals surface area contributed by atoms with Gasteiger partial charge in [-0.3, -0.25) is 15.0 Å². The number of amides is 1. The highest BCUT2D eigenvalue weighted by Crippen LogP contribution is 2.51. The number of aromatic nitrogens is 3. The molecule has 4 aromatic rings. The Hall–Kier alpha value is -3.97. The van der Waals surface area contributed by atoms with E-state index in [0.717, 1.165) is 74.1 Å². The predicted molar refractivity (Wildman–Crippen MR) is 196 cm³/mol. The second-order valence-electron chi connectivity index (χ2n) is 15.2. The molecule has 0 bridgehead atoms. The Kier molecular flexibility index (Phi) is 8.85. The Labute approximate surface area is 297 Å². The van der Waals surface area contributed by atoms with Crippen LogP contribution in [0.3, 0.4) is 0 Å². The summed E-state index contributed by atoms with van der Waals surface area (Å²) in [5.41, 5.74) is 5.76. The van der Waals surface area contributed by atoms with Gasteiger partial charge in [-0.15, -0.1) is 0 Å². The van der Waals surface area contributed by atoms with Gasteiger partial charge in [0.2, 0.25) is 5.91 Å². The highest BCUT2D eigenvalue weighted by atomic mass is 19.1. The normalized spacial score (nSPS) is 24.0. The molecule has 3 aliphatic heterocycles. The maximum Gasteiger partial charge on any atom is 0.238 e. The van der Waals surface area contributed by atoms with Crippen LogP contribution in [0, 0.1) is 12.7 Å². The van der Waals surface area contributed by atoms with Crippen molar-refractivity contribution in [2.75, 3.05) is 43.4 Å². The van der Waals surface area contributed by atoms with Gasteiger partial charge in [0.1, 0.15) is 23.7 Å². The lowest BCUT2D eigenvalue weighted by atomic mass is 9.74. The molecule has 12 heteroatoms. The number of carbonyl (C=O) groups excluding carboxylic acids is 1. The van der Waals surface area contributed by atoms with Crippen LogP contribution < -0.4 is 20.9 Å². The largest absolute Gasteiger partial charge is 0.374 e. The lowest BCUT2D eigenvalue weighted by Crippen LogP contribution is -2.59. The molecule has 2 aromatic carbocycles. The molecule has 4 N–H and O–H groups in total. The maximum absolute atomic E-state index is 15.5. The predicted octanol–water partition coefficient (Wildman–Crippen LogP) is 6.01. The number of alkyl halides is 1. The van der Waals surface area contributed by atoms with Crippen molar-refractivity contribution in [1.29, 1.82) is 0 Å². The minimum atomic E-state index is -0.960. The van der Waals surface area contributed by atoms with Crippen LogP contribution in [0.2, 0.25) is 0 Å². The van der Waals surface area contributed by atoms with Gasteiger partial charge < -0.3 is 25.2 Å². The van der Waals surface area contributed by atoms with Crippen molar-refractivity contribution < 1.29 is 18.7 Å². The van der Waals surface area contributed by atoms with Crippen molar-refractivity contribution in [1.82, 2.24) is 30.1 Å². The van der Waals surface area contributed by atoms with Gasteiger partial charge in [-0.1, -0.05) is 12.1 Å². The summed E-state index contributed by atoms with van der Waals surface area (Å²) in [6.07, 6.45) is 4.74. The third kappa shape index (κ3) is 5.80. The second kappa shape index (κ2) is 13.2. The number of pyridine rings is 1. The van der Waals surface area contributed by atoms with Crippen LogP contribution in [0.5, 0.6) is 0 Å². The van der Waals surface area contributed by atoms with E-state index in [1.165, 1.54) is 6.07 Å². The molecule has 1 amide bonds. The summed E-state index contributed by atoms with van der Waals surface area (Å²) in [6.45, 7) is 8.86. The highest BCUT2D eigenvalue weighted by molar-refractivity contribution is 6.09. The molecule has 10 nitrogen and oxygen atoms in total. The van der Waals surface area contributed by atoms with E-state index in [2.05, 4.69) is 51.7 Å². The number of piperidine rings is 2. The Balaban J connectivity index is 1.19. The number of carbonyl (C=O) groups is 1. The first-order valence-corrected chi connectivity index (χ1v) is 18.5. The molecule has 2 aromatic heterocycles. The van der Waals surface area contributed by atoms with Gasteiger partial charge in [0, 0.05) is 41.5 Å². The number of halogens is 2. The van der Waals surface area contributed by atoms with Crippen LogP contribution in [-0.2, 0) is 10.2 Å². The van der Waals surface area contributed by atoms with E-state index in [1.54, 1.807) is 26.4 Å². The zero-order valence-electron chi connectivity index (χ0n) is 29.8. The van der Waals surface area contributed by atoms with Crippen LogP contribution in [0.1, 0.15) is 81.3 Å². The number of nitrogens with one attached hydrogen (secondary N) is 3. The zero-order valence-corrected chi connectivity index (χ0v) is 29.8. The smallest absolute Gasteiger partial charge is 0.238 e. The first-order chi connectivity index (χ1) is 24.6. The Morgan fingerprint density at radius 3 is 2.61 bits per heavy atom. The third-order valence-corrected chi connectivity index (χ3v) is 11.8. The van der Waals surface area contributed by atoms with Crippen molar-refractivity contribution in [2.24, 2.45) is 0 Å². The standard InChI is InChI=1S/C39H48F2N8O2/c1-22(2)48-21-44-33-19-31(45-36(35(33)48)46-32-18-28(37(50)42-4)23(3)14-30(32)41)24-7-8-29-34(15-24)49(38(51)39(29)9-11-43-12-10-39)27-16-26(17-27)47-13-5-6-25(40)20-47/h7-8,14-15,18-19,21-22,25-27,37,42-43,50H,5-6,9-13,16-17,20H2,1-4H3,(H,45,46)/t25-,26-,27+,37?/m1/s1.